The van der Waals surface area contributed by atoms with E-state index in [1.807, 2.05) is 0 Å². The zero-order valence-electron chi connectivity index (χ0n) is 62.1. The maximum Gasteiger partial charge on any atom is 0.472 e. The largest absolute Gasteiger partial charge is 0.472 e. The smallest absolute Gasteiger partial charge is 0.462 e. The predicted octanol–water partition coefficient (Wildman–Crippen LogP) is 22.8. The number of hydrogen-bond acceptors (Lipinski definition) is 15. The highest BCUT2D eigenvalue weighted by atomic mass is 31.2. The number of ether oxygens (including phenoxy) is 4. The van der Waals surface area contributed by atoms with E-state index in [9.17, 15) is 43.2 Å². The number of phosphoric ester groups is 2. The van der Waals surface area contributed by atoms with Crippen LogP contribution in [-0.4, -0.2) is 96.7 Å². The molecule has 0 spiro atoms. The number of rotatable bonds is 77. The molecule has 0 aliphatic carbocycles. The minimum atomic E-state index is -4.96. The van der Waals surface area contributed by atoms with E-state index in [-0.39, 0.29) is 25.7 Å². The molecule has 0 saturated heterocycles. The van der Waals surface area contributed by atoms with Crippen LogP contribution in [0.2, 0.25) is 0 Å². The summed E-state index contributed by atoms with van der Waals surface area (Å²) in [5.41, 5.74) is 0. The van der Waals surface area contributed by atoms with Crippen LogP contribution in [0.3, 0.4) is 0 Å². The Hall–Kier alpha value is -2.20. The molecule has 3 N–H and O–H groups in total. The third-order valence-corrected chi connectivity index (χ3v) is 19.7. The summed E-state index contributed by atoms with van der Waals surface area (Å²) in [7, 11) is -9.92. The fourth-order valence-corrected chi connectivity index (χ4v) is 13.2. The topological polar surface area (TPSA) is 237 Å². The van der Waals surface area contributed by atoms with E-state index < -0.39 is 97.5 Å². The molecule has 0 bridgehead atoms. The molecule has 0 aliphatic rings. The summed E-state index contributed by atoms with van der Waals surface area (Å²) in [5.74, 6) is -2.13. The summed E-state index contributed by atoms with van der Waals surface area (Å²) >= 11 is 0. The second-order valence-corrected chi connectivity index (χ2v) is 30.3. The molecule has 0 radical (unpaired) electrons. The Labute approximate surface area is 587 Å². The van der Waals surface area contributed by atoms with Gasteiger partial charge in [0.05, 0.1) is 26.4 Å². The van der Waals surface area contributed by atoms with Crippen molar-refractivity contribution in [2.45, 2.75) is 418 Å². The number of esters is 4. The highest BCUT2D eigenvalue weighted by molar-refractivity contribution is 7.47. The first kappa shape index (κ1) is 93.8. The maximum atomic E-state index is 13.1. The predicted molar refractivity (Wildman–Crippen MR) is 391 cm³/mol. The Morgan fingerprint density at radius 3 is 0.719 bits per heavy atom. The minimum Gasteiger partial charge on any atom is -0.462 e. The highest BCUT2D eigenvalue weighted by Crippen LogP contribution is 2.45. The average molecular weight is 1410 g/mol. The first-order valence-corrected chi connectivity index (χ1v) is 42.9. The number of aliphatic hydroxyl groups excluding tert-OH is 1. The Bertz CT molecular complexity index is 1870. The summed E-state index contributed by atoms with van der Waals surface area (Å²) in [4.78, 5) is 72.9. The Balaban J connectivity index is 5.26. The van der Waals surface area contributed by atoms with Gasteiger partial charge in [-0.3, -0.25) is 37.3 Å². The SMILES string of the molecule is CCCCCCCC/C=C\CCCCCCCC(=O)OCC(COP(=O)(O)OCC(O)COP(=O)(O)OCC(COC(=O)CCCCCCCCCCCCCCCCC)OC(=O)CCCCCCCCCCCCC)OC(=O)CCCCCCCCCCCCCCCCC. The zero-order chi connectivity index (χ0) is 70.4. The molecule has 0 aromatic heterocycles. The van der Waals surface area contributed by atoms with Crippen molar-refractivity contribution in [1.29, 1.82) is 0 Å². The van der Waals surface area contributed by atoms with Crippen LogP contribution in [0.1, 0.15) is 400 Å². The summed E-state index contributed by atoms with van der Waals surface area (Å²) in [6.07, 6.45) is 63.3. The van der Waals surface area contributed by atoms with Gasteiger partial charge in [-0.05, 0) is 51.4 Å². The Kier molecular flexibility index (Phi) is 69.6. The molecule has 5 unspecified atom stereocenters. The number of phosphoric acid groups is 2. The van der Waals surface area contributed by atoms with Crippen LogP contribution in [0.5, 0.6) is 0 Å². The van der Waals surface area contributed by atoms with Crippen molar-refractivity contribution in [3.05, 3.63) is 12.2 Å². The molecule has 0 saturated carbocycles. The number of allylic oxidation sites excluding steroid dienone is 2. The van der Waals surface area contributed by atoms with E-state index >= 15 is 0 Å². The molecule has 0 heterocycles. The van der Waals surface area contributed by atoms with Gasteiger partial charge in [0.2, 0.25) is 0 Å². The van der Waals surface area contributed by atoms with Crippen LogP contribution in [0.4, 0.5) is 0 Å². The number of aliphatic hydroxyl groups is 1. The van der Waals surface area contributed by atoms with E-state index in [0.29, 0.717) is 25.7 Å². The fraction of sp³-hybridized carbons (Fsp3) is 0.922. The van der Waals surface area contributed by atoms with Crippen molar-refractivity contribution in [2.24, 2.45) is 0 Å². The highest BCUT2D eigenvalue weighted by Gasteiger charge is 2.30. The van der Waals surface area contributed by atoms with Crippen LogP contribution in [0.25, 0.3) is 0 Å². The molecule has 0 aromatic carbocycles. The summed E-state index contributed by atoms with van der Waals surface area (Å²) < 4.78 is 68.6. The van der Waals surface area contributed by atoms with Crippen molar-refractivity contribution in [2.75, 3.05) is 39.6 Å². The quantitative estimate of drug-likeness (QED) is 0.0169. The van der Waals surface area contributed by atoms with Gasteiger partial charge in [-0.15, -0.1) is 0 Å². The Morgan fingerprint density at radius 1 is 0.281 bits per heavy atom. The van der Waals surface area contributed by atoms with Gasteiger partial charge < -0.3 is 33.8 Å². The molecular formula is C77H148O17P2. The minimum absolute atomic E-state index is 0.105. The van der Waals surface area contributed by atoms with E-state index in [2.05, 4.69) is 39.8 Å². The lowest BCUT2D eigenvalue weighted by atomic mass is 10.0. The van der Waals surface area contributed by atoms with Crippen LogP contribution >= 0.6 is 15.6 Å². The molecular weight excluding hydrogens is 1260 g/mol. The van der Waals surface area contributed by atoms with Crippen LogP contribution in [0, 0.1) is 0 Å². The average Bonchev–Trinajstić information content (AvgIpc) is 1.09. The van der Waals surface area contributed by atoms with E-state index in [1.54, 1.807) is 0 Å². The molecule has 5 atom stereocenters. The number of carbonyl (C=O) groups is 4. The number of unbranched alkanes of at least 4 members (excludes halogenated alkanes) is 49. The zero-order valence-corrected chi connectivity index (χ0v) is 63.9. The van der Waals surface area contributed by atoms with Gasteiger partial charge in [0.1, 0.15) is 19.3 Å². The van der Waals surface area contributed by atoms with E-state index in [4.69, 9.17) is 37.0 Å². The first-order chi connectivity index (χ1) is 46.7. The summed E-state index contributed by atoms with van der Waals surface area (Å²) in [6.45, 7) is 4.97. The first-order valence-electron chi connectivity index (χ1n) is 39.9. The standard InChI is InChI=1S/C77H148O17P2/c1-5-9-13-17-21-25-29-32-35-38-42-45-49-53-57-61-74(79)87-67-72(93-76(81)63-59-55-51-47-41-28-24-20-16-12-8-4)69-91-95(83,84)89-65-71(78)66-90-96(85,86)92-70-73(94-77(82)64-60-56-52-48-44-40-37-34-31-27-23-19-15-11-7-3)68-88-75(80)62-58-54-50-46-43-39-36-33-30-26-22-18-14-10-6-2/h33,36,71-73,78H,5-32,34-35,37-70H2,1-4H3,(H,83,84)(H,85,86)/b36-33-. The lowest BCUT2D eigenvalue weighted by Gasteiger charge is -2.21. The van der Waals surface area contributed by atoms with Gasteiger partial charge in [-0.1, -0.05) is 335 Å². The van der Waals surface area contributed by atoms with E-state index in [1.165, 1.54) is 212 Å². The Morgan fingerprint density at radius 2 is 0.479 bits per heavy atom. The molecule has 0 fully saturated rings. The van der Waals surface area contributed by atoms with Crippen LogP contribution in [-0.2, 0) is 65.4 Å². The lowest BCUT2D eigenvalue weighted by molar-refractivity contribution is -0.161. The molecule has 0 aliphatic heterocycles. The fourth-order valence-electron chi connectivity index (χ4n) is 11.6. The number of hydrogen-bond donors (Lipinski definition) is 3. The van der Waals surface area contributed by atoms with Crippen LogP contribution < -0.4 is 0 Å². The normalized spacial score (nSPS) is 13.9. The molecule has 19 heteroatoms. The molecule has 0 aromatic rings. The third kappa shape index (κ3) is 70.2. The molecule has 0 rings (SSSR count). The summed E-state index contributed by atoms with van der Waals surface area (Å²) in [5, 5.41) is 10.6. The van der Waals surface area contributed by atoms with Crippen molar-refractivity contribution < 1.29 is 80.2 Å². The van der Waals surface area contributed by atoms with Gasteiger partial charge in [0, 0.05) is 25.7 Å². The second-order valence-electron chi connectivity index (χ2n) is 27.4. The van der Waals surface area contributed by atoms with Crippen molar-refractivity contribution >= 4 is 39.5 Å². The van der Waals surface area contributed by atoms with Crippen molar-refractivity contribution in [1.82, 2.24) is 0 Å². The molecule has 17 nitrogen and oxygen atoms in total. The monoisotopic (exact) mass is 1410 g/mol. The lowest BCUT2D eigenvalue weighted by Crippen LogP contribution is -2.30. The van der Waals surface area contributed by atoms with E-state index in [0.717, 1.165) is 109 Å². The second kappa shape index (κ2) is 71.2. The van der Waals surface area contributed by atoms with Gasteiger partial charge in [0.15, 0.2) is 12.2 Å². The van der Waals surface area contributed by atoms with Gasteiger partial charge in [-0.25, -0.2) is 9.13 Å². The van der Waals surface area contributed by atoms with Gasteiger partial charge >= 0.3 is 39.5 Å². The third-order valence-electron chi connectivity index (χ3n) is 17.8. The van der Waals surface area contributed by atoms with Gasteiger partial charge in [-0.2, -0.15) is 0 Å². The number of carbonyl (C=O) groups excluding carboxylic acids is 4. The van der Waals surface area contributed by atoms with Gasteiger partial charge in [0.25, 0.3) is 0 Å². The van der Waals surface area contributed by atoms with Crippen molar-refractivity contribution in [3.63, 3.8) is 0 Å². The molecule has 568 valence electrons. The van der Waals surface area contributed by atoms with Crippen molar-refractivity contribution in [3.8, 4) is 0 Å². The van der Waals surface area contributed by atoms with Crippen LogP contribution in [0.15, 0.2) is 12.2 Å². The summed E-state index contributed by atoms with van der Waals surface area (Å²) in [6, 6.07) is 0. The molecule has 96 heavy (non-hydrogen) atoms. The maximum absolute atomic E-state index is 13.1. The molecule has 0 amide bonds.